The first-order valence-corrected chi connectivity index (χ1v) is 9.63. The van der Waals surface area contributed by atoms with Crippen LogP contribution in [0.15, 0.2) is 42.7 Å². The lowest BCUT2D eigenvalue weighted by atomic mass is 9.93. The van der Waals surface area contributed by atoms with E-state index in [4.69, 9.17) is 4.98 Å². The molecular weight excluding hydrogens is 338 g/mol. The zero-order valence-electron chi connectivity index (χ0n) is 15.5. The summed E-state index contributed by atoms with van der Waals surface area (Å²) >= 11 is 0. The molecule has 2 heterocycles. The number of aromatic nitrogens is 3. The SMILES string of the molecule is CCc1ncc(Nc2cnc3ccccc3c2)nc1N[C@H]1CC[C@H](O)CC1. The molecule has 1 saturated carbocycles. The Hall–Kier alpha value is -2.73. The van der Waals surface area contributed by atoms with Crippen molar-refractivity contribution >= 4 is 28.2 Å². The van der Waals surface area contributed by atoms with Crippen LogP contribution in [-0.4, -0.2) is 32.2 Å². The summed E-state index contributed by atoms with van der Waals surface area (Å²) in [7, 11) is 0. The van der Waals surface area contributed by atoms with Crippen LogP contribution in [-0.2, 0) is 6.42 Å². The monoisotopic (exact) mass is 363 g/mol. The fourth-order valence-electron chi connectivity index (χ4n) is 3.55. The van der Waals surface area contributed by atoms with Gasteiger partial charge < -0.3 is 15.7 Å². The predicted molar refractivity (Wildman–Crippen MR) is 108 cm³/mol. The van der Waals surface area contributed by atoms with Crippen molar-refractivity contribution in [1.29, 1.82) is 0 Å². The van der Waals surface area contributed by atoms with Crippen LogP contribution in [0.4, 0.5) is 17.3 Å². The number of rotatable bonds is 5. The van der Waals surface area contributed by atoms with E-state index in [0.29, 0.717) is 11.9 Å². The van der Waals surface area contributed by atoms with Gasteiger partial charge in [-0.15, -0.1) is 0 Å². The number of benzene rings is 1. The Morgan fingerprint density at radius 3 is 2.70 bits per heavy atom. The molecule has 1 aliphatic carbocycles. The van der Waals surface area contributed by atoms with Crippen LogP contribution in [0.2, 0.25) is 0 Å². The van der Waals surface area contributed by atoms with Gasteiger partial charge in [0.15, 0.2) is 5.82 Å². The fraction of sp³-hybridized carbons (Fsp3) is 0.381. The molecule has 6 nitrogen and oxygen atoms in total. The Bertz CT molecular complexity index is 921. The molecule has 0 radical (unpaired) electrons. The number of aryl methyl sites for hydroxylation is 1. The molecule has 0 aliphatic heterocycles. The van der Waals surface area contributed by atoms with Crippen LogP contribution in [0.5, 0.6) is 0 Å². The van der Waals surface area contributed by atoms with E-state index in [9.17, 15) is 5.11 Å². The number of nitrogens with zero attached hydrogens (tertiary/aromatic N) is 3. The summed E-state index contributed by atoms with van der Waals surface area (Å²) in [6.45, 7) is 2.08. The standard InChI is InChI=1S/C21H25N5O/c1-2-18-21(25-15-7-9-17(27)10-8-15)26-20(13-23-18)24-16-11-14-5-3-4-6-19(14)22-12-16/h3-6,11-13,15,17,27H,2,7-10H2,1H3,(H2,24,25,26)/t15-,17-. The van der Waals surface area contributed by atoms with Crippen molar-refractivity contribution in [3.8, 4) is 0 Å². The Labute approximate surface area is 159 Å². The van der Waals surface area contributed by atoms with Gasteiger partial charge in [0.25, 0.3) is 0 Å². The summed E-state index contributed by atoms with van der Waals surface area (Å²) in [4.78, 5) is 13.8. The number of para-hydroxylation sites is 1. The normalized spacial score (nSPS) is 19.8. The molecule has 3 aromatic rings. The van der Waals surface area contributed by atoms with Gasteiger partial charge in [-0.1, -0.05) is 25.1 Å². The first-order valence-electron chi connectivity index (χ1n) is 9.63. The van der Waals surface area contributed by atoms with Gasteiger partial charge in [-0.2, -0.15) is 0 Å². The Morgan fingerprint density at radius 1 is 1.07 bits per heavy atom. The first kappa shape index (κ1) is 17.7. The third kappa shape index (κ3) is 4.17. The van der Waals surface area contributed by atoms with E-state index < -0.39 is 0 Å². The molecule has 3 N–H and O–H groups in total. The van der Waals surface area contributed by atoms with Gasteiger partial charge in [0.1, 0.15) is 5.82 Å². The number of aliphatic hydroxyl groups excluding tert-OH is 1. The smallest absolute Gasteiger partial charge is 0.151 e. The maximum absolute atomic E-state index is 9.71. The molecule has 0 atom stereocenters. The zero-order valence-corrected chi connectivity index (χ0v) is 15.5. The molecule has 0 bridgehead atoms. The van der Waals surface area contributed by atoms with Crippen LogP contribution in [0.25, 0.3) is 10.9 Å². The molecule has 0 amide bonds. The molecule has 27 heavy (non-hydrogen) atoms. The third-order valence-electron chi connectivity index (χ3n) is 5.08. The second kappa shape index (κ2) is 7.88. The average molecular weight is 363 g/mol. The van der Waals surface area contributed by atoms with Gasteiger partial charge in [0.2, 0.25) is 0 Å². The molecule has 6 heteroatoms. The number of hydrogen-bond donors (Lipinski definition) is 3. The zero-order chi connectivity index (χ0) is 18.6. The van der Waals surface area contributed by atoms with E-state index in [1.165, 1.54) is 0 Å². The number of nitrogens with one attached hydrogen (secondary N) is 2. The minimum Gasteiger partial charge on any atom is -0.393 e. The molecule has 4 rings (SSSR count). The lowest BCUT2D eigenvalue weighted by Crippen LogP contribution is -2.29. The van der Waals surface area contributed by atoms with E-state index in [0.717, 1.165) is 60.2 Å². The number of hydrogen-bond acceptors (Lipinski definition) is 6. The van der Waals surface area contributed by atoms with Gasteiger partial charge >= 0.3 is 0 Å². The molecule has 0 spiro atoms. The van der Waals surface area contributed by atoms with Crippen molar-refractivity contribution in [3.63, 3.8) is 0 Å². The van der Waals surface area contributed by atoms with E-state index in [1.54, 1.807) is 6.20 Å². The quantitative estimate of drug-likeness (QED) is 0.634. The number of aliphatic hydroxyl groups is 1. The van der Waals surface area contributed by atoms with Crippen molar-refractivity contribution in [2.24, 2.45) is 0 Å². The van der Waals surface area contributed by atoms with Gasteiger partial charge in [-0.3, -0.25) is 9.97 Å². The second-order valence-electron chi connectivity index (χ2n) is 7.10. The summed E-state index contributed by atoms with van der Waals surface area (Å²) in [5.41, 5.74) is 2.82. The van der Waals surface area contributed by atoms with Gasteiger partial charge in [0, 0.05) is 11.4 Å². The fourth-order valence-corrected chi connectivity index (χ4v) is 3.55. The Balaban J connectivity index is 1.53. The van der Waals surface area contributed by atoms with Crippen molar-refractivity contribution in [2.45, 2.75) is 51.2 Å². The van der Waals surface area contributed by atoms with Crippen LogP contribution in [0.3, 0.4) is 0 Å². The highest BCUT2D eigenvalue weighted by atomic mass is 16.3. The van der Waals surface area contributed by atoms with Gasteiger partial charge in [-0.05, 0) is 44.2 Å². The predicted octanol–water partition coefficient (Wildman–Crippen LogP) is 4.05. The average Bonchev–Trinajstić information content (AvgIpc) is 2.70. The highest BCUT2D eigenvalue weighted by molar-refractivity contribution is 5.82. The summed E-state index contributed by atoms with van der Waals surface area (Å²) in [6, 6.07) is 10.4. The highest BCUT2D eigenvalue weighted by Gasteiger charge is 2.20. The van der Waals surface area contributed by atoms with Gasteiger partial charge in [0.05, 0.1) is 35.4 Å². The molecule has 1 aromatic carbocycles. The maximum Gasteiger partial charge on any atom is 0.151 e. The minimum absolute atomic E-state index is 0.159. The number of fused-ring (bicyclic) bond motifs is 1. The summed E-state index contributed by atoms with van der Waals surface area (Å²) in [5, 5.41) is 17.6. The highest BCUT2D eigenvalue weighted by Crippen LogP contribution is 2.25. The lowest BCUT2D eigenvalue weighted by Gasteiger charge is -2.27. The third-order valence-corrected chi connectivity index (χ3v) is 5.08. The van der Waals surface area contributed by atoms with E-state index in [2.05, 4.69) is 33.6 Å². The second-order valence-corrected chi connectivity index (χ2v) is 7.10. The minimum atomic E-state index is -0.159. The first-order chi connectivity index (χ1) is 13.2. The molecule has 1 fully saturated rings. The number of anilines is 3. The maximum atomic E-state index is 9.71. The summed E-state index contributed by atoms with van der Waals surface area (Å²) in [5.74, 6) is 1.53. The summed E-state index contributed by atoms with van der Waals surface area (Å²) < 4.78 is 0. The largest absolute Gasteiger partial charge is 0.393 e. The van der Waals surface area contributed by atoms with Crippen LogP contribution in [0, 0.1) is 0 Å². The Morgan fingerprint density at radius 2 is 1.89 bits per heavy atom. The molecule has 140 valence electrons. The van der Waals surface area contributed by atoms with Crippen LogP contribution >= 0.6 is 0 Å². The topological polar surface area (TPSA) is 83.0 Å². The molecular formula is C21H25N5O. The van der Waals surface area contributed by atoms with Crippen LogP contribution < -0.4 is 10.6 Å². The van der Waals surface area contributed by atoms with Crippen molar-refractivity contribution in [2.75, 3.05) is 10.6 Å². The van der Waals surface area contributed by atoms with Gasteiger partial charge in [-0.25, -0.2) is 4.98 Å². The van der Waals surface area contributed by atoms with E-state index in [-0.39, 0.29) is 6.10 Å². The van der Waals surface area contributed by atoms with E-state index in [1.807, 2.05) is 30.5 Å². The molecule has 0 unspecified atom stereocenters. The molecule has 2 aromatic heterocycles. The molecule has 0 saturated heterocycles. The Kier molecular flexibility index (Phi) is 5.16. The molecule has 1 aliphatic rings. The van der Waals surface area contributed by atoms with E-state index >= 15 is 0 Å². The van der Waals surface area contributed by atoms with Crippen LogP contribution in [0.1, 0.15) is 38.3 Å². The van der Waals surface area contributed by atoms with Crippen molar-refractivity contribution < 1.29 is 5.11 Å². The summed E-state index contributed by atoms with van der Waals surface area (Å²) in [6.07, 6.45) is 7.84. The lowest BCUT2D eigenvalue weighted by molar-refractivity contribution is 0.126. The van der Waals surface area contributed by atoms with Crippen molar-refractivity contribution in [3.05, 3.63) is 48.4 Å². The number of pyridine rings is 1. The van der Waals surface area contributed by atoms with Crippen molar-refractivity contribution in [1.82, 2.24) is 15.0 Å².